The van der Waals surface area contributed by atoms with Gasteiger partial charge >= 0.3 is 6.18 Å². The second kappa shape index (κ2) is 8.25. The highest BCUT2D eigenvalue weighted by Gasteiger charge is 2.34. The summed E-state index contributed by atoms with van der Waals surface area (Å²) < 4.78 is 44.4. The minimum absolute atomic E-state index is 0.0446. The highest BCUT2D eigenvalue weighted by molar-refractivity contribution is 6.30. The molecule has 1 N–H and O–H groups in total. The van der Waals surface area contributed by atoms with Crippen LogP contribution in [0.5, 0.6) is 5.75 Å². The van der Waals surface area contributed by atoms with Crippen molar-refractivity contribution in [3.63, 3.8) is 0 Å². The summed E-state index contributed by atoms with van der Waals surface area (Å²) in [4.78, 5) is 11.9. The summed E-state index contributed by atoms with van der Waals surface area (Å²) in [5, 5.41) is 2.23. The van der Waals surface area contributed by atoms with Crippen LogP contribution < -0.4 is 10.1 Å². The van der Waals surface area contributed by atoms with Gasteiger partial charge in [-0.05, 0) is 43.7 Å². The molecular formula is C18H17ClF3NO2. The van der Waals surface area contributed by atoms with E-state index in [9.17, 15) is 18.0 Å². The lowest BCUT2D eigenvalue weighted by atomic mass is 10.1. The Balaban J connectivity index is 1.85. The van der Waals surface area contributed by atoms with Gasteiger partial charge in [0.1, 0.15) is 5.75 Å². The lowest BCUT2D eigenvalue weighted by Gasteiger charge is -2.14. The number of aryl methyl sites for hydroxylation is 1. The van der Waals surface area contributed by atoms with E-state index in [1.54, 1.807) is 0 Å². The van der Waals surface area contributed by atoms with Gasteiger partial charge in [-0.15, -0.1) is 0 Å². The van der Waals surface area contributed by atoms with Gasteiger partial charge in [0.25, 0.3) is 0 Å². The van der Waals surface area contributed by atoms with E-state index in [0.717, 1.165) is 17.7 Å². The van der Waals surface area contributed by atoms with Crippen LogP contribution >= 0.6 is 11.6 Å². The van der Waals surface area contributed by atoms with Crippen molar-refractivity contribution in [2.75, 3.05) is 11.9 Å². The predicted molar refractivity (Wildman–Crippen MR) is 91.0 cm³/mol. The molecule has 0 saturated carbocycles. The quantitative estimate of drug-likeness (QED) is 0.684. The molecule has 0 aliphatic heterocycles. The van der Waals surface area contributed by atoms with E-state index in [2.05, 4.69) is 5.32 Å². The van der Waals surface area contributed by atoms with Gasteiger partial charge in [-0.2, -0.15) is 13.2 Å². The van der Waals surface area contributed by atoms with Gasteiger partial charge in [0.2, 0.25) is 5.91 Å². The van der Waals surface area contributed by atoms with Crippen LogP contribution in [-0.2, 0) is 11.0 Å². The summed E-state index contributed by atoms with van der Waals surface area (Å²) in [5.74, 6) is 0.170. The molecule has 25 heavy (non-hydrogen) atoms. The van der Waals surface area contributed by atoms with E-state index in [0.29, 0.717) is 18.8 Å². The molecule has 0 unspecified atom stereocenters. The van der Waals surface area contributed by atoms with Crippen LogP contribution in [0.25, 0.3) is 0 Å². The number of rotatable bonds is 6. The van der Waals surface area contributed by atoms with Crippen LogP contribution in [0.4, 0.5) is 18.9 Å². The number of halogens is 4. The number of ether oxygens (including phenoxy) is 1. The molecular weight excluding hydrogens is 355 g/mol. The molecule has 134 valence electrons. The maximum absolute atomic E-state index is 13.0. The first kappa shape index (κ1) is 19.1. The SMILES string of the molecule is Cc1ccc(OCCCC(=O)Nc2ccc(Cl)cc2C(F)(F)F)cc1. The largest absolute Gasteiger partial charge is 0.494 e. The van der Waals surface area contributed by atoms with Gasteiger partial charge in [-0.25, -0.2) is 0 Å². The lowest BCUT2D eigenvalue weighted by molar-refractivity contribution is -0.137. The fourth-order valence-electron chi connectivity index (χ4n) is 2.13. The fourth-order valence-corrected chi connectivity index (χ4v) is 2.30. The highest BCUT2D eigenvalue weighted by atomic mass is 35.5. The molecule has 0 radical (unpaired) electrons. The minimum Gasteiger partial charge on any atom is -0.494 e. The lowest BCUT2D eigenvalue weighted by Crippen LogP contribution is -2.17. The van der Waals surface area contributed by atoms with Crippen molar-refractivity contribution in [3.05, 3.63) is 58.6 Å². The molecule has 0 fully saturated rings. The first-order chi connectivity index (χ1) is 11.8. The zero-order chi connectivity index (χ0) is 18.4. The molecule has 2 aromatic carbocycles. The maximum Gasteiger partial charge on any atom is 0.418 e. The van der Waals surface area contributed by atoms with E-state index >= 15 is 0 Å². The summed E-state index contributed by atoms with van der Waals surface area (Å²) in [6.07, 6.45) is -4.16. The standard InChI is InChI=1S/C18H17ClF3NO2/c1-12-4-7-14(8-5-12)25-10-2-3-17(24)23-16-9-6-13(19)11-15(16)18(20,21)22/h4-9,11H,2-3,10H2,1H3,(H,23,24). The summed E-state index contributed by atoms with van der Waals surface area (Å²) in [6, 6.07) is 10.7. The molecule has 2 rings (SSSR count). The highest BCUT2D eigenvalue weighted by Crippen LogP contribution is 2.36. The predicted octanol–water partition coefficient (Wildman–Crippen LogP) is 5.46. The molecule has 0 aliphatic carbocycles. The van der Waals surface area contributed by atoms with Gasteiger partial charge in [0.15, 0.2) is 0 Å². The number of hydrogen-bond donors (Lipinski definition) is 1. The molecule has 0 atom stereocenters. The second-order valence-corrected chi connectivity index (χ2v) is 5.94. The Bertz CT molecular complexity index is 730. The van der Waals surface area contributed by atoms with E-state index in [4.69, 9.17) is 16.3 Å². The average Bonchev–Trinajstić information content (AvgIpc) is 2.54. The maximum atomic E-state index is 13.0. The Kier molecular flexibility index (Phi) is 6.31. The molecule has 0 aromatic heterocycles. The zero-order valence-electron chi connectivity index (χ0n) is 13.5. The van der Waals surface area contributed by atoms with Crippen molar-refractivity contribution >= 4 is 23.2 Å². The number of carbonyl (C=O) groups is 1. The third kappa shape index (κ3) is 5.98. The first-order valence-electron chi connectivity index (χ1n) is 7.62. The van der Waals surface area contributed by atoms with Crippen LogP contribution in [-0.4, -0.2) is 12.5 Å². The van der Waals surface area contributed by atoms with Crippen molar-refractivity contribution in [1.29, 1.82) is 0 Å². The second-order valence-electron chi connectivity index (χ2n) is 5.50. The van der Waals surface area contributed by atoms with E-state index in [-0.39, 0.29) is 17.1 Å². The number of benzene rings is 2. The molecule has 0 bridgehead atoms. The monoisotopic (exact) mass is 371 g/mol. The topological polar surface area (TPSA) is 38.3 Å². The first-order valence-corrected chi connectivity index (χ1v) is 7.99. The van der Waals surface area contributed by atoms with Crippen molar-refractivity contribution in [3.8, 4) is 5.75 Å². The number of hydrogen-bond acceptors (Lipinski definition) is 2. The van der Waals surface area contributed by atoms with Crippen LogP contribution in [0.1, 0.15) is 24.0 Å². The van der Waals surface area contributed by atoms with Crippen molar-refractivity contribution in [2.24, 2.45) is 0 Å². The fraction of sp³-hybridized carbons (Fsp3) is 0.278. The molecule has 0 spiro atoms. The van der Waals surface area contributed by atoms with Crippen LogP contribution in [0.2, 0.25) is 5.02 Å². The van der Waals surface area contributed by atoms with E-state index < -0.39 is 17.6 Å². The third-order valence-corrected chi connectivity index (χ3v) is 3.63. The van der Waals surface area contributed by atoms with Crippen molar-refractivity contribution in [2.45, 2.75) is 25.9 Å². The summed E-state index contributed by atoms with van der Waals surface area (Å²) in [5.41, 5.74) is -0.166. The summed E-state index contributed by atoms with van der Waals surface area (Å²) >= 11 is 5.60. The van der Waals surface area contributed by atoms with Crippen molar-refractivity contribution in [1.82, 2.24) is 0 Å². The Morgan fingerprint density at radius 2 is 1.84 bits per heavy atom. The third-order valence-electron chi connectivity index (χ3n) is 3.40. The summed E-state index contributed by atoms with van der Waals surface area (Å²) in [6.45, 7) is 2.25. The Hall–Kier alpha value is -2.21. The number of alkyl halides is 3. The van der Waals surface area contributed by atoms with Crippen molar-refractivity contribution < 1.29 is 22.7 Å². The number of carbonyl (C=O) groups excluding carboxylic acids is 1. The molecule has 1 amide bonds. The van der Waals surface area contributed by atoms with Gasteiger partial charge in [0.05, 0.1) is 17.9 Å². The van der Waals surface area contributed by atoms with Gasteiger partial charge in [-0.3, -0.25) is 4.79 Å². The molecule has 0 saturated heterocycles. The van der Waals surface area contributed by atoms with Crippen LogP contribution in [0, 0.1) is 6.92 Å². The Labute approximate surface area is 148 Å². The smallest absolute Gasteiger partial charge is 0.418 e. The molecule has 0 aliphatic rings. The minimum atomic E-state index is -4.60. The summed E-state index contributed by atoms with van der Waals surface area (Å²) in [7, 11) is 0. The molecule has 7 heteroatoms. The van der Waals surface area contributed by atoms with Crippen LogP contribution in [0.15, 0.2) is 42.5 Å². The van der Waals surface area contributed by atoms with Crippen LogP contribution in [0.3, 0.4) is 0 Å². The van der Waals surface area contributed by atoms with Gasteiger partial charge < -0.3 is 10.1 Å². The number of anilines is 1. The molecule has 3 nitrogen and oxygen atoms in total. The Morgan fingerprint density at radius 1 is 1.16 bits per heavy atom. The number of amides is 1. The van der Waals surface area contributed by atoms with Gasteiger partial charge in [-0.1, -0.05) is 29.3 Å². The average molecular weight is 372 g/mol. The Morgan fingerprint density at radius 3 is 2.48 bits per heavy atom. The molecule has 0 heterocycles. The van der Waals surface area contributed by atoms with E-state index in [1.807, 2.05) is 31.2 Å². The number of nitrogens with one attached hydrogen (secondary N) is 1. The zero-order valence-corrected chi connectivity index (χ0v) is 14.2. The van der Waals surface area contributed by atoms with E-state index in [1.165, 1.54) is 6.07 Å². The normalized spacial score (nSPS) is 11.2. The van der Waals surface area contributed by atoms with Gasteiger partial charge in [0, 0.05) is 11.4 Å². The molecule has 2 aromatic rings.